The first kappa shape index (κ1) is 13.4. The first-order valence-corrected chi connectivity index (χ1v) is 6.11. The van der Waals surface area contributed by atoms with Crippen LogP contribution in [-0.4, -0.2) is 4.98 Å². The number of benzene rings is 1. The van der Waals surface area contributed by atoms with E-state index in [0.717, 1.165) is 17.0 Å². The molecule has 0 aliphatic carbocycles. The Morgan fingerprint density at radius 2 is 2.16 bits per heavy atom. The highest BCUT2D eigenvalue weighted by molar-refractivity contribution is 7.09. The lowest BCUT2D eigenvalue weighted by atomic mass is 10.1. The summed E-state index contributed by atoms with van der Waals surface area (Å²) in [6.07, 6.45) is -2.89. The number of anilines is 1. The summed E-state index contributed by atoms with van der Waals surface area (Å²) in [7, 11) is 0. The summed E-state index contributed by atoms with van der Waals surface area (Å²) in [4.78, 5) is 4.79. The van der Waals surface area contributed by atoms with Crippen LogP contribution in [0.25, 0.3) is 0 Å². The molecule has 0 spiro atoms. The third-order valence-corrected chi connectivity index (χ3v) is 3.18. The van der Waals surface area contributed by atoms with Gasteiger partial charge in [0.15, 0.2) is 0 Å². The van der Waals surface area contributed by atoms with E-state index in [1.54, 1.807) is 17.8 Å². The third-order valence-electron chi connectivity index (χ3n) is 2.40. The summed E-state index contributed by atoms with van der Waals surface area (Å²) in [5.74, 6) is 0. The van der Waals surface area contributed by atoms with Crippen molar-refractivity contribution < 1.29 is 13.2 Å². The van der Waals surface area contributed by atoms with Gasteiger partial charge in [0.25, 0.3) is 0 Å². The lowest BCUT2D eigenvalue weighted by Gasteiger charge is -2.11. The molecule has 0 aliphatic rings. The molecule has 2 rings (SSSR count). The smallest absolute Gasteiger partial charge is 0.380 e. The minimum absolute atomic E-state index is 0.319. The maximum absolute atomic E-state index is 12.7. The maximum Gasteiger partial charge on any atom is 0.417 e. The molecule has 1 heterocycles. The Labute approximate surface area is 111 Å². The normalized spacial score (nSPS) is 11.1. The van der Waals surface area contributed by atoms with Crippen LogP contribution in [-0.2, 0) is 12.7 Å². The molecule has 0 saturated carbocycles. The fraction of sp³-hybridized carbons (Fsp3) is 0.167. The molecule has 1 N–H and O–H groups in total. The molecule has 1 aromatic carbocycles. The van der Waals surface area contributed by atoms with Crippen LogP contribution in [0.15, 0.2) is 29.9 Å². The van der Waals surface area contributed by atoms with E-state index in [4.69, 9.17) is 5.26 Å². The highest BCUT2D eigenvalue weighted by Gasteiger charge is 2.33. The zero-order chi connectivity index (χ0) is 13.9. The first-order valence-electron chi connectivity index (χ1n) is 5.23. The van der Waals surface area contributed by atoms with Gasteiger partial charge in [-0.3, -0.25) is 4.98 Å². The Morgan fingerprint density at radius 1 is 1.37 bits per heavy atom. The van der Waals surface area contributed by atoms with E-state index in [9.17, 15) is 13.2 Å². The molecule has 98 valence electrons. The number of thiazole rings is 1. The van der Waals surface area contributed by atoms with Crippen LogP contribution < -0.4 is 5.32 Å². The second-order valence-electron chi connectivity index (χ2n) is 3.69. The quantitative estimate of drug-likeness (QED) is 0.935. The van der Waals surface area contributed by atoms with Gasteiger partial charge in [0.1, 0.15) is 0 Å². The van der Waals surface area contributed by atoms with Crippen molar-refractivity contribution in [1.82, 2.24) is 4.98 Å². The van der Waals surface area contributed by atoms with E-state index >= 15 is 0 Å². The number of rotatable bonds is 3. The zero-order valence-electron chi connectivity index (χ0n) is 9.53. The average Bonchev–Trinajstić information content (AvgIpc) is 2.88. The summed E-state index contributed by atoms with van der Waals surface area (Å²) in [5, 5.41) is 11.5. The van der Waals surface area contributed by atoms with Gasteiger partial charge in [0.2, 0.25) is 0 Å². The number of aromatic nitrogens is 1. The molecule has 7 heteroatoms. The fourth-order valence-corrected chi connectivity index (χ4v) is 2.04. The van der Waals surface area contributed by atoms with E-state index in [1.165, 1.54) is 17.4 Å². The van der Waals surface area contributed by atoms with Crippen molar-refractivity contribution in [3.05, 3.63) is 45.9 Å². The van der Waals surface area contributed by atoms with Gasteiger partial charge >= 0.3 is 6.18 Å². The lowest BCUT2D eigenvalue weighted by Crippen LogP contribution is -2.09. The van der Waals surface area contributed by atoms with Crippen LogP contribution in [0.4, 0.5) is 18.9 Å². The van der Waals surface area contributed by atoms with Crippen LogP contribution in [0.5, 0.6) is 0 Å². The Kier molecular flexibility index (Phi) is 3.71. The predicted octanol–water partition coefficient (Wildman–Crippen LogP) is 3.65. The van der Waals surface area contributed by atoms with Crippen LogP contribution in [0.1, 0.15) is 16.0 Å². The topological polar surface area (TPSA) is 48.7 Å². The molecule has 2 aromatic rings. The van der Waals surface area contributed by atoms with E-state index in [0.29, 0.717) is 12.2 Å². The Morgan fingerprint density at radius 3 is 2.74 bits per heavy atom. The minimum Gasteiger partial charge on any atom is -0.380 e. The van der Waals surface area contributed by atoms with Gasteiger partial charge in [-0.15, -0.1) is 11.3 Å². The molecule has 0 saturated heterocycles. The molecule has 0 aliphatic heterocycles. The van der Waals surface area contributed by atoms with Crippen molar-refractivity contribution in [3.63, 3.8) is 0 Å². The summed E-state index contributed by atoms with van der Waals surface area (Å²) in [5.41, 5.74) is 0.664. The molecule has 0 bridgehead atoms. The molecular weight excluding hydrogens is 275 g/mol. The molecule has 0 atom stereocenters. The number of nitrogens with zero attached hydrogens (tertiary/aromatic N) is 2. The second-order valence-corrected chi connectivity index (χ2v) is 4.66. The standard InChI is InChI=1S/C12H8F3N3S/c13-12(14,15)11-3-9(2-1-8(11)4-16)18-6-10-5-17-7-19-10/h1-3,5,7,18H,6H2. The number of hydrogen-bond donors (Lipinski definition) is 1. The zero-order valence-corrected chi connectivity index (χ0v) is 10.3. The van der Waals surface area contributed by atoms with E-state index in [1.807, 2.05) is 0 Å². The largest absolute Gasteiger partial charge is 0.417 e. The monoisotopic (exact) mass is 283 g/mol. The van der Waals surface area contributed by atoms with Crippen molar-refractivity contribution >= 4 is 17.0 Å². The SMILES string of the molecule is N#Cc1ccc(NCc2cncs2)cc1C(F)(F)F. The van der Waals surface area contributed by atoms with Crippen LogP contribution in [0.2, 0.25) is 0 Å². The van der Waals surface area contributed by atoms with E-state index < -0.39 is 11.7 Å². The number of alkyl halides is 3. The summed E-state index contributed by atoms with van der Waals surface area (Å²) >= 11 is 1.41. The predicted molar refractivity (Wildman–Crippen MR) is 65.6 cm³/mol. The summed E-state index contributed by atoms with van der Waals surface area (Å²) < 4.78 is 38.2. The minimum atomic E-state index is -4.53. The van der Waals surface area contributed by atoms with Gasteiger partial charge in [-0.2, -0.15) is 18.4 Å². The molecule has 0 fully saturated rings. The summed E-state index contributed by atoms with van der Waals surface area (Å²) in [6, 6.07) is 5.11. The van der Waals surface area contributed by atoms with Crippen LogP contribution in [0.3, 0.4) is 0 Å². The molecule has 0 amide bonds. The van der Waals surface area contributed by atoms with Gasteiger partial charge in [0, 0.05) is 16.8 Å². The van der Waals surface area contributed by atoms with Gasteiger partial charge in [0.05, 0.1) is 29.3 Å². The van der Waals surface area contributed by atoms with Crippen molar-refractivity contribution in [2.45, 2.75) is 12.7 Å². The van der Waals surface area contributed by atoms with Gasteiger partial charge in [-0.25, -0.2) is 0 Å². The third kappa shape index (κ3) is 3.23. The number of nitriles is 1. The molecule has 1 aromatic heterocycles. The number of halogens is 3. The van der Waals surface area contributed by atoms with Crippen molar-refractivity contribution in [2.24, 2.45) is 0 Å². The van der Waals surface area contributed by atoms with Crippen LogP contribution in [0, 0.1) is 11.3 Å². The van der Waals surface area contributed by atoms with E-state index in [2.05, 4.69) is 10.3 Å². The first-order chi connectivity index (χ1) is 9.00. The fourth-order valence-electron chi connectivity index (χ4n) is 1.50. The highest BCUT2D eigenvalue weighted by Crippen LogP contribution is 2.33. The summed E-state index contributed by atoms with van der Waals surface area (Å²) in [6.45, 7) is 0.397. The van der Waals surface area contributed by atoms with Gasteiger partial charge < -0.3 is 5.32 Å². The Hall–Kier alpha value is -2.07. The Bertz CT molecular complexity index is 600. The molecule has 0 radical (unpaired) electrons. The number of nitrogens with one attached hydrogen (secondary N) is 1. The molecular formula is C12H8F3N3S. The van der Waals surface area contributed by atoms with Gasteiger partial charge in [-0.05, 0) is 18.2 Å². The van der Waals surface area contributed by atoms with E-state index in [-0.39, 0.29) is 5.56 Å². The van der Waals surface area contributed by atoms with Gasteiger partial charge in [-0.1, -0.05) is 0 Å². The second kappa shape index (κ2) is 5.28. The Balaban J connectivity index is 2.21. The maximum atomic E-state index is 12.7. The van der Waals surface area contributed by atoms with Crippen molar-refractivity contribution in [2.75, 3.05) is 5.32 Å². The van der Waals surface area contributed by atoms with Crippen molar-refractivity contribution in [1.29, 1.82) is 5.26 Å². The van der Waals surface area contributed by atoms with Crippen LogP contribution >= 0.6 is 11.3 Å². The molecule has 0 unspecified atom stereocenters. The highest BCUT2D eigenvalue weighted by atomic mass is 32.1. The molecule has 19 heavy (non-hydrogen) atoms. The molecule has 3 nitrogen and oxygen atoms in total. The number of hydrogen-bond acceptors (Lipinski definition) is 4. The lowest BCUT2D eigenvalue weighted by molar-refractivity contribution is -0.137. The van der Waals surface area contributed by atoms with Crippen molar-refractivity contribution in [3.8, 4) is 6.07 Å². The average molecular weight is 283 g/mol.